The minimum absolute atomic E-state index is 0.0894. The Morgan fingerprint density at radius 3 is 2.87 bits per heavy atom. The topological polar surface area (TPSA) is 45.1 Å². The molecule has 0 saturated carbocycles. The van der Waals surface area contributed by atoms with E-state index in [4.69, 9.17) is 16.7 Å². The van der Waals surface area contributed by atoms with Crippen molar-refractivity contribution in [2.24, 2.45) is 0 Å². The molecule has 0 aliphatic carbocycles. The van der Waals surface area contributed by atoms with Gasteiger partial charge in [0.05, 0.1) is 0 Å². The van der Waals surface area contributed by atoms with Gasteiger partial charge >= 0.3 is 0 Å². The molecule has 0 aromatic carbocycles. The van der Waals surface area contributed by atoms with Gasteiger partial charge in [-0.15, -0.1) is 0 Å². The molecular weight excluding hydrogens is 212 g/mol. The zero-order chi connectivity index (χ0) is 11.3. The van der Waals surface area contributed by atoms with Crippen molar-refractivity contribution < 1.29 is 5.11 Å². The standard InChI is InChI=1S/C11H17ClN2O/c1-11(2,5-7-15)14-8-9-4-3-6-13-10(9)12/h3-4,6,14-15H,5,7-8H2,1-2H3. The Morgan fingerprint density at radius 2 is 2.27 bits per heavy atom. The molecule has 3 nitrogen and oxygen atoms in total. The molecule has 0 bridgehead atoms. The van der Waals surface area contributed by atoms with E-state index in [-0.39, 0.29) is 12.1 Å². The number of hydrogen-bond acceptors (Lipinski definition) is 3. The summed E-state index contributed by atoms with van der Waals surface area (Å²) in [6.45, 7) is 4.95. The minimum Gasteiger partial charge on any atom is -0.396 e. The van der Waals surface area contributed by atoms with E-state index in [1.54, 1.807) is 6.20 Å². The maximum Gasteiger partial charge on any atom is 0.133 e. The van der Waals surface area contributed by atoms with Crippen LogP contribution in [-0.2, 0) is 6.54 Å². The molecule has 84 valence electrons. The van der Waals surface area contributed by atoms with Crippen LogP contribution in [0.25, 0.3) is 0 Å². The fourth-order valence-electron chi connectivity index (χ4n) is 1.25. The summed E-state index contributed by atoms with van der Waals surface area (Å²) in [6.07, 6.45) is 2.38. The molecule has 0 fully saturated rings. The van der Waals surface area contributed by atoms with Crippen molar-refractivity contribution in [1.29, 1.82) is 0 Å². The van der Waals surface area contributed by atoms with E-state index in [2.05, 4.69) is 10.3 Å². The number of aliphatic hydroxyl groups is 1. The number of rotatable bonds is 5. The summed E-state index contributed by atoms with van der Waals surface area (Å²) in [5, 5.41) is 12.7. The van der Waals surface area contributed by atoms with E-state index in [0.717, 1.165) is 5.56 Å². The van der Waals surface area contributed by atoms with E-state index in [0.29, 0.717) is 18.1 Å². The Balaban J connectivity index is 2.53. The maximum atomic E-state index is 8.88. The van der Waals surface area contributed by atoms with Gasteiger partial charge in [0, 0.05) is 30.5 Å². The van der Waals surface area contributed by atoms with E-state index in [1.165, 1.54) is 0 Å². The third-order valence-corrected chi connectivity index (χ3v) is 2.67. The van der Waals surface area contributed by atoms with Gasteiger partial charge in [-0.25, -0.2) is 4.98 Å². The Morgan fingerprint density at radius 1 is 1.53 bits per heavy atom. The second-order valence-corrected chi connectivity index (χ2v) is 4.52. The Bertz CT molecular complexity index is 315. The lowest BCUT2D eigenvalue weighted by Crippen LogP contribution is -2.39. The van der Waals surface area contributed by atoms with Gasteiger partial charge in [0.1, 0.15) is 5.15 Å². The maximum absolute atomic E-state index is 8.88. The normalized spacial score (nSPS) is 11.7. The van der Waals surface area contributed by atoms with Crippen molar-refractivity contribution in [2.75, 3.05) is 6.61 Å². The van der Waals surface area contributed by atoms with Crippen LogP contribution in [0.15, 0.2) is 18.3 Å². The van der Waals surface area contributed by atoms with Crippen LogP contribution in [0.1, 0.15) is 25.8 Å². The Hall–Kier alpha value is -0.640. The molecule has 1 heterocycles. The molecule has 0 aliphatic rings. The number of halogens is 1. The van der Waals surface area contributed by atoms with Gasteiger partial charge in [-0.1, -0.05) is 17.7 Å². The van der Waals surface area contributed by atoms with Gasteiger partial charge in [0.25, 0.3) is 0 Å². The largest absolute Gasteiger partial charge is 0.396 e. The van der Waals surface area contributed by atoms with Gasteiger partial charge in [0.2, 0.25) is 0 Å². The lowest BCUT2D eigenvalue weighted by atomic mass is 10.0. The van der Waals surface area contributed by atoms with Crippen LogP contribution in [0.3, 0.4) is 0 Å². The smallest absolute Gasteiger partial charge is 0.133 e. The first-order valence-electron chi connectivity index (χ1n) is 5.00. The van der Waals surface area contributed by atoms with Crippen molar-refractivity contribution >= 4 is 11.6 Å². The number of aliphatic hydroxyl groups excluding tert-OH is 1. The van der Waals surface area contributed by atoms with Crippen molar-refractivity contribution in [2.45, 2.75) is 32.4 Å². The second-order valence-electron chi connectivity index (χ2n) is 4.16. The Labute approximate surface area is 95.5 Å². The first-order chi connectivity index (χ1) is 7.05. The number of pyridine rings is 1. The zero-order valence-electron chi connectivity index (χ0n) is 9.13. The molecule has 4 heteroatoms. The summed E-state index contributed by atoms with van der Waals surface area (Å²) >= 11 is 5.93. The summed E-state index contributed by atoms with van der Waals surface area (Å²) in [5.41, 5.74) is 0.888. The quantitative estimate of drug-likeness (QED) is 0.758. The van der Waals surface area contributed by atoms with Crippen LogP contribution in [-0.4, -0.2) is 22.2 Å². The molecule has 15 heavy (non-hydrogen) atoms. The van der Waals surface area contributed by atoms with Gasteiger partial charge in [-0.2, -0.15) is 0 Å². The van der Waals surface area contributed by atoms with Crippen LogP contribution >= 0.6 is 11.6 Å². The molecule has 0 unspecified atom stereocenters. The molecule has 0 atom stereocenters. The van der Waals surface area contributed by atoms with Crippen molar-refractivity contribution in [3.05, 3.63) is 29.0 Å². The molecule has 1 aromatic rings. The molecule has 1 rings (SSSR count). The van der Waals surface area contributed by atoms with Gasteiger partial charge in [-0.3, -0.25) is 0 Å². The highest BCUT2D eigenvalue weighted by atomic mass is 35.5. The number of nitrogens with one attached hydrogen (secondary N) is 1. The van der Waals surface area contributed by atoms with E-state index in [9.17, 15) is 0 Å². The number of hydrogen-bond donors (Lipinski definition) is 2. The van der Waals surface area contributed by atoms with Crippen LogP contribution in [0.4, 0.5) is 0 Å². The summed E-state index contributed by atoms with van der Waals surface area (Å²) in [4.78, 5) is 4.00. The highest BCUT2D eigenvalue weighted by Crippen LogP contribution is 2.14. The fraction of sp³-hybridized carbons (Fsp3) is 0.545. The minimum atomic E-state index is -0.0894. The first-order valence-corrected chi connectivity index (χ1v) is 5.38. The SMILES string of the molecule is CC(C)(CCO)NCc1cccnc1Cl. The first kappa shape index (κ1) is 12.4. The lowest BCUT2D eigenvalue weighted by molar-refractivity contribution is 0.230. The number of aromatic nitrogens is 1. The zero-order valence-corrected chi connectivity index (χ0v) is 9.88. The lowest BCUT2D eigenvalue weighted by Gasteiger charge is -2.25. The fourth-order valence-corrected chi connectivity index (χ4v) is 1.44. The van der Waals surface area contributed by atoms with Crippen molar-refractivity contribution in [3.63, 3.8) is 0 Å². The third kappa shape index (κ3) is 4.16. The molecule has 0 spiro atoms. The van der Waals surface area contributed by atoms with Crippen molar-refractivity contribution in [1.82, 2.24) is 10.3 Å². The van der Waals surface area contributed by atoms with Crippen LogP contribution in [0.5, 0.6) is 0 Å². The van der Waals surface area contributed by atoms with Gasteiger partial charge in [-0.05, 0) is 26.3 Å². The summed E-state index contributed by atoms with van der Waals surface area (Å²) in [7, 11) is 0. The Kier molecular flexibility index (Phi) is 4.51. The predicted molar refractivity (Wildman–Crippen MR) is 61.9 cm³/mol. The molecule has 0 saturated heterocycles. The van der Waals surface area contributed by atoms with E-state index < -0.39 is 0 Å². The van der Waals surface area contributed by atoms with Crippen LogP contribution < -0.4 is 5.32 Å². The molecule has 1 aromatic heterocycles. The second kappa shape index (κ2) is 5.45. The van der Waals surface area contributed by atoms with E-state index >= 15 is 0 Å². The summed E-state index contributed by atoms with van der Waals surface area (Å²) < 4.78 is 0. The molecule has 0 amide bonds. The summed E-state index contributed by atoms with van der Waals surface area (Å²) in [5.74, 6) is 0. The molecule has 2 N–H and O–H groups in total. The molecule has 0 aliphatic heterocycles. The highest BCUT2D eigenvalue weighted by Gasteiger charge is 2.16. The predicted octanol–water partition coefficient (Wildman–Crippen LogP) is 1.99. The average Bonchev–Trinajstić information content (AvgIpc) is 2.16. The average molecular weight is 229 g/mol. The summed E-state index contributed by atoms with van der Waals surface area (Å²) in [6, 6.07) is 3.80. The van der Waals surface area contributed by atoms with Gasteiger partial charge in [0.15, 0.2) is 0 Å². The van der Waals surface area contributed by atoms with Crippen LogP contribution in [0.2, 0.25) is 5.15 Å². The molecule has 0 radical (unpaired) electrons. The van der Waals surface area contributed by atoms with E-state index in [1.807, 2.05) is 26.0 Å². The van der Waals surface area contributed by atoms with Crippen molar-refractivity contribution in [3.8, 4) is 0 Å². The van der Waals surface area contributed by atoms with Crippen LogP contribution in [0, 0.1) is 0 Å². The third-order valence-electron chi connectivity index (χ3n) is 2.33. The van der Waals surface area contributed by atoms with Gasteiger partial charge < -0.3 is 10.4 Å². The molecular formula is C11H17ClN2O. The highest BCUT2D eigenvalue weighted by molar-refractivity contribution is 6.30. The number of nitrogens with zero attached hydrogens (tertiary/aromatic N) is 1. The monoisotopic (exact) mass is 228 g/mol.